The molecule has 2 rings (SSSR count). The van der Waals surface area contributed by atoms with Crippen LogP contribution in [0.3, 0.4) is 0 Å². The van der Waals surface area contributed by atoms with Crippen LogP contribution in [-0.4, -0.2) is 5.91 Å². The maximum atomic E-state index is 13.9. The van der Waals surface area contributed by atoms with Crippen molar-refractivity contribution in [3.05, 3.63) is 64.5 Å². The molecule has 0 bridgehead atoms. The smallest absolute Gasteiger partial charge is 0.258 e. The first-order valence-corrected chi connectivity index (χ1v) is 7.07. The lowest BCUT2D eigenvalue weighted by molar-refractivity contribution is 0.102. The van der Waals surface area contributed by atoms with Gasteiger partial charge < -0.3 is 5.32 Å². The summed E-state index contributed by atoms with van der Waals surface area (Å²) in [4.78, 5) is 12.3. The Balaban J connectivity index is 2.36. The molecule has 0 aromatic heterocycles. The van der Waals surface area contributed by atoms with Gasteiger partial charge in [0, 0.05) is 5.69 Å². The second kappa shape index (κ2) is 6.08. The highest BCUT2D eigenvalue weighted by Crippen LogP contribution is 2.28. The molecule has 110 valence electrons. The van der Waals surface area contributed by atoms with Crippen LogP contribution in [0, 0.1) is 19.7 Å². The highest BCUT2D eigenvalue weighted by Gasteiger charge is 2.16. The summed E-state index contributed by atoms with van der Waals surface area (Å²) in [5, 5.41) is 2.86. The lowest BCUT2D eigenvalue weighted by atomic mass is 9.98. The summed E-state index contributed by atoms with van der Waals surface area (Å²) in [6.07, 6.45) is 0. The fourth-order valence-corrected chi connectivity index (χ4v) is 2.33. The first kappa shape index (κ1) is 15.2. The first-order chi connectivity index (χ1) is 9.90. The Kier molecular flexibility index (Phi) is 4.41. The van der Waals surface area contributed by atoms with E-state index in [4.69, 9.17) is 0 Å². The van der Waals surface area contributed by atoms with E-state index in [1.165, 1.54) is 12.1 Å². The molecule has 0 saturated heterocycles. The lowest BCUT2D eigenvalue weighted by Crippen LogP contribution is -2.16. The molecule has 0 unspecified atom stereocenters. The average Bonchev–Trinajstić information content (AvgIpc) is 2.40. The van der Waals surface area contributed by atoms with Gasteiger partial charge in [0.1, 0.15) is 5.82 Å². The molecule has 1 N–H and O–H groups in total. The van der Waals surface area contributed by atoms with Gasteiger partial charge in [-0.2, -0.15) is 0 Å². The molecule has 0 aliphatic carbocycles. The van der Waals surface area contributed by atoms with Gasteiger partial charge in [0.15, 0.2) is 0 Å². The van der Waals surface area contributed by atoms with Crippen LogP contribution in [0.4, 0.5) is 10.1 Å². The van der Waals surface area contributed by atoms with E-state index in [-0.39, 0.29) is 11.5 Å². The molecule has 0 aliphatic rings. The highest BCUT2D eigenvalue weighted by molar-refractivity contribution is 6.05. The van der Waals surface area contributed by atoms with Crippen LogP contribution in [0.5, 0.6) is 0 Å². The summed E-state index contributed by atoms with van der Waals surface area (Å²) >= 11 is 0. The Labute approximate surface area is 125 Å². The Morgan fingerprint density at radius 1 is 1.14 bits per heavy atom. The molecule has 1 amide bonds. The van der Waals surface area contributed by atoms with Crippen molar-refractivity contribution in [3.63, 3.8) is 0 Å². The van der Waals surface area contributed by atoms with Crippen molar-refractivity contribution in [1.29, 1.82) is 0 Å². The molecule has 2 aromatic carbocycles. The Hall–Kier alpha value is -2.16. The van der Waals surface area contributed by atoms with Crippen LogP contribution in [0.25, 0.3) is 0 Å². The highest BCUT2D eigenvalue weighted by atomic mass is 19.1. The van der Waals surface area contributed by atoms with E-state index >= 15 is 0 Å². The number of aryl methyl sites for hydroxylation is 2. The number of rotatable bonds is 3. The summed E-state index contributed by atoms with van der Waals surface area (Å²) < 4.78 is 13.9. The van der Waals surface area contributed by atoms with Crippen molar-refractivity contribution in [2.75, 3.05) is 5.32 Å². The van der Waals surface area contributed by atoms with E-state index in [1.807, 2.05) is 25.1 Å². The standard InChI is InChI=1S/C18H20FNO/c1-11(2)14-7-5-6-13(4)17(14)20-18(21)15-9-8-12(3)10-16(15)19/h5-11H,1-4H3,(H,20,21). The van der Waals surface area contributed by atoms with Crippen molar-refractivity contribution < 1.29 is 9.18 Å². The topological polar surface area (TPSA) is 29.1 Å². The van der Waals surface area contributed by atoms with E-state index in [0.717, 1.165) is 22.4 Å². The van der Waals surface area contributed by atoms with Gasteiger partial charge in [0.25, 0.3) is 5.91 Å². The van der Waals surface area contributed by atoms with Crippen molar-refractivity contribution in [2.45, 2.75) is 33.6 Å². The van der Waals surface area contributed by atoms with Crippen LogP contribution in [0.2, 0.25) is 0 Å². The number of hydrogen-bond acceptors (Lipinski definition) is 1. The zero-order valence-corrected chi connectivity index (χ0v) is 12.8. The first-order valence-electron chi connectivity index (χ1n) is 7.07. The number of hydrogen-bond donors (Lipinski definition) is 1. The molecule has 0 fully saturated rings. The molecular formula is C18H20FNO. The number of para-hydroxylation sites is 1. The van der Waals surface area contributed by atoms with Crippen molar-refractivity contribution in [3.8, 4) is 0 Å². The minimum Gasteiger partial charge on any atom is -0.321 e. The van der Waals surface area contributed by atoms with Crippen LogP contribution in [-0.2, 0) is 0 Å². The molecule has 0 spiro atoms. The summed E-state index contributed by atoms with van der Waals surface area (Å²) in [5.74, 6) is -0.626. The molecule has 0 heterocycles. The Morgan fingerprint density at radius 2 is 1.86 bits per heavy atom. The molecule has 2 nitrogen and oxygen atoms in total. The van der Waals surface area contributed by atoms with Gasteiger partial charge in [-0.15, -0.1) is 0 Å². The van der Waals surface area contributed by atoms with Crippen LogP contribution in [0.15, 0.2) is 36.4 Å². The maximum absolute atomic E-state index is 13.9. The molecule has 0 saturated carbocycles. The van der Waals surface area contributed by atoms with Gasteiger partial charge >= 0.3 is 0 Å². The fraction of sp³-hybridized carbons (Fsp3) is 0.278. The summed E-state index contributed by atoms with van der Waals surface area (Å²) in [6, 6.07) is 10.5. The summed E-state index contributed by atoms with van der Waals surface area (Å²) in [6.45, 7) is 7.86. The van der Waals surface area contributed by atoms with Crippen molar-refractivity contribution in [2.24, 2.45) is 0 Å². The largest absolute Gasteiger partial charge is 0.321 e. The van der Waals surface area contributed by atoms with Gasteiger partial charge in [-0.05, 0) is 48.6 Å². The zero-order chi connectivity index (χ0) is 15.6. The number of carbonyl (C=O) groups excluding carboxylic acids is 1. The van der Waals surface area contributed by atoms with Crippen LogP contribution >= 0.6 is 0 Å². The minimum absolute atomic E-state index is 0.0681. The second-order valence-corrected chi connectivity index (χ2v) is 5.63. The predicted octanol–water partition coefficient (Wildman–Crippen LogP) is 4.82. The molecule has 0 aliphatic heterocycles. The lowest BCUT2D eigenvalue weighted by Gasteiger charge is -2.16. The van der Waals surface area contributed by atoms with Gasteiger partial charge in [0.05, 0.1) is 5.56 Å². The SMILES string of the molecule is Cc1ccc(C(=O)Nc2c(C)cccc2C(C)C)c(F)c1. The van der Waals surface area contributed by atoms with Crippen molar-refractivity contribution >= 4 is 11.6 Å². The molecule has 2 aromatic rings. The second-order valence-electron chi connectivity index (χ2n) is 5.63. The quantitative estimate of drug-likeness (QED) is 0.860. The van der Waals surface area contributed by atoms with E-state index in [9.17, 15) is 9.18 Å². The minimum atomic E-state index is -0.493. The average molecular weight is 285 g/mol. The molecule has 0 radical (unpaired) electrons. The molecule has 3 heteroatoms. The zero-order valence-electron chi connectivity index (χ0n) is 12.8. The van der Waals surface area contributed by atoms with Crippen molar-refractivity contribution in [1.82, 2.24) is 0 Å². The summed E-state index contributed by atoms with van der Waals surface area (Å²) in [5.41, 5.74) is 3.66. The number of amides is 1. The molecular weight excluding hydrogens is 265 g/mol. The van der Waals surface area contributed by atoms with Gasteiger partial charge in [0.2, 0.25) is 0 Å². The number of anilines is 1. The van der Waals surface area contributed by atoms with Gasteiger partial charge in [-0.3, -0.25) is 4.79 Å². The van der Waals surface area contributed by atoms with E-state index in [2.05, 4.69) is 19.2 Å². The number of nitrogens with one attached hydrogen (secondary N) is 1. The normalized spacial score (nSPS) is 10.8. The third-order valence-electron chi connectivity index (χ3n) is 3.53. The van der Waals surface area contributed by atoms with Crippen LogP contribution in [0.1, 0.15) is 46.8 Å². The van der Waals surface area contributed by atoms with Crippen LogP contribution < -0.4 is 5.32 Å². The monoisotopic (exact) mass is 285 g/mol. The number of benzene rings is 2. The van der Waals surface area contributed by atoms with E-state index in [0.29, 0.717) is 0 Å². The summed E-state index contributed by atoms with van der Waals surface area (Å²) in [7, 11) is 0. The molecule has 21 heavy (non-hydrogen) atoms. The fourth-order valence-electron chi connectivity index (χ4n) is 2.33. The van der Waals surface area contributed by atoms with E-state index in [1.54, 1.807) is 13.0 Å². The van der Waals surface area contributed by atoms with E-state index < -0.39 is 11.7 Å². The van der Waals surface area contributed by atoms with Gasteiger partial charge in [-0.25, -0.2) is 4.39 Å². The molecule has 0 atom stereocenters. The Bertz CT molecular complexity index is 677. The number of carbonyl (C=O) groups is 1. The third kappa shape index (κ3) is 3.30. The Morgan fingerprint density at radius 3 is 2.48 bits per heavy atom. The predicted molar refractivity (Wildman–Crippen MR) is 84.4 cm³/mol. The maximum Gasteiger partial charge on any atom is 0.258 e. The number of halogens is 1. The third-order valence-corrected chi connectivity index (χ3v) is 3.53. The van der Waals surface area contributed by atoms with Gasteiger partial charge in [-0.1, -0.05) is 38.1 Å².